The third-order valence-electron chi connectivity index (χ3n) is 4.32. The second-order valence-corrected chi connectivity index (χ2v) is 8.45. The second-order valence-electron chi connectivity index (χ2n) is 6.46. The fourth-order valence-corrected chi connectivity index (χ4v) is 3.96. The minimum Gasteiger partial charge on any atom is -0.399 e. The minimum absolute atomic E-state index is 0.150. The van der Waals surface area contributed by atoms with Gasteiger partial charge in [0, 0.05) is 41.2 Å². The van der Waals surface area contributed by atoms with Crippen LogP contribution in [-0.2, 0) is 9.84 Å². The van der Waals surface area contributed by atoms with Crippen molar-refractivity contribution in [1.29, 1.82) is 0 Å². The molecule has 0 amide bonds. The van der Waals surface area contributed by atoms with Gasteiger partial charge in [0.1, 0.15) is 0 Å². The van der Waals surface area contributed by atoms with Crippen LogP contribution in [0.4, 0.5) is 11.4 Å². The van der Waals surface area contributed by atoms with E-state index in [2.05, 4.69) is 9.97 Å². The molecule has 0 atom stereocenters. The van der Waals surface area contributed by atoms with Crippen molar-refractivity contribution >= 4 is 32.2 Å². The van der Waals surface area contributed by atoms with Gasteiger partial charge in [-0.15, -0.1) is 0 Å². The molecule has 2 heterocycles. The first-order valence-electron chi connectivity index (χ1n) is 8.39. The molecule has 0 aliphatic heterocycles. The molecule has 0 fully saturated rings. The summed E-state index contributed by atoms with van der Waals surface area (Å²) in [6, 6.07) is 12.4. The number of nitrogen functional groups attached to an aromatic ring is 2. The van der Waals surface area contributed by atoms with Crippen molar-refractivity contribution in [2.24, 2.45) is 0 Å². The van der Waals surface area contributed by atoms with Crippen LogP contribution in [0.5, 0.6) is 0 Å². The van der Waals surface area contributed by atoms with Crippen molar-refractivity contribution < 1.29 is 8.42 Å². The van der Waals surface area contributed by atoms with E-state index in [0.717, 1.165) is 17.4 Å². The lowest BCUT2D eigenvalue weighted by Crippen LogP contribution is -2.02. The van der Waals surface area contributed by atoms with Crippen LogP contribution in [0.1, 0.15) is 0 Å². The molecule has 4 aromatic rings. The molecular formula is C20H17N5O2S. The molecule has 0 saturated heterocycles. The molecule has 4 N–H and O–H groups in total. The number of fused-ring (bicyclic) bond motifs is 1. The SMILES string of the molecule is CS(=O)(=O)c1ccncc1-c1cnc2cc(N)cc(-c3cccc(N)c3)c2n1. The van der Waals surface area contributed by atoms with E-state index in [-0.39, 0.29) is 4.90 Å². The summed E-state index contributed by atoms with van der Waals surface area (Å²) >= 11 is 0. The van der Waals surface area contributed by atoms with Crippen LogP contribution in [-0.4, -0.2) is 29.6 Å². The lowest BCUT2D eigenvalue weighted by molar-refractivity contribution is 0.602. The van der Waals surface area contributed by atoms with Crippen LogP contribution >= 0.6 is 0 Å². The van der Waals surface area contributed by atoms with E-state index >= 15 is 0 Å². The number of pyridine rings is 1. The molecule has 0 spiro atoms. The zero-order chi connectivity index (χ0) is 19.9. The quantitative estimate of drug-likeness (QED) is 0.514. The van der Waals surface area contributed by atoms with Gasteiger partial charge in [0.25, 0.3) is 0 Å². The van der Waals surface area contributed by atoms with E-state index in [1.807, 2.05) is 18.2 Å². The smallest absolute Gasteiger partial charge is 0.176 e. The number of anilines is 2. The van der Waals surface area contributed by atoms with Crippen LogP contribution in [0.2, 0.25) is 0 Å². The highest BCUT2D eigenvalue weighted by atomic mass is 32.2. The maximum Gasteiger partial charge on any atom is 0.176 e. The molecule has 7 nitrogen and oxygen atoms in total. The first kappa shape index (κ1) is 17.9. The molecule has 4 rings (SSSR count). The highest BCUT2D eigenvalue weighted by Crippen LogP contribution is 2.32. The standard InChI is InChI=1S/C20H17N5O2S/c1-28(26,27)19-5-6-23-10-16(19)18-11-24-17-9-14(22)8-15(20(17)25-18)12-3-2-4-13(21)7-12/h2-11H,21-22H2,1H3. The number of nitrogens with two attached hydrogens (primary N) is 2. The number of aromatic nitrogens is 3. The van der Waals surface area contributed by atoms with Crippen LogP contribution in [0.3, 0.4) is 0 Å². The van der Waals surface area contributed by atoms with Crippen LogP contribution in [0.25, 0.3) is 33.4 Å². The predicted molar refractivity (Wildman–Crippen MR) is 110 cm³/mol. The first-order valence-corrected chi connectivity index (χ1v) is 10.3. The van der Waals surface area contributed by atoms with Crippen molar-refractivity contribution in [3.05, 3.63) is 61.1 Å². The lowest BCUT2D eigenvalue weighted by atomic mass is 10.0. The highest BCUT2D eigenvalue weighted by molar-refractivity contribution is 7.90. The van der Waals surface area contributed by atoms with E-state index in [1.54, 1.807) is 18.2 Å². The summed E-state index contributed by atoms with van der Waals surface area (Å²) in [5, 5.41) is 0. The molecule has 8 heteroatoms. The molecule has 2 aromatic heterocycles. The molecule has 0 aliphatic carbocycles. The Morgan fingerprint density at radius 2 is 1.75 bits per heavy atom. The van der Waals surface area contributed by atoms with Crippen LogP contribution in [0, 0.1) is 0 Å². The molecule has 0 unspecified atom stereocenters. The van der Waals surface area contributed by atoms with E-state index < -0.39 is 9.84 Å². The van der Waals surface area contributed by atoms with Gasteiger partial charge in [-0.05, 0) is 35.9 Å². The fraction of sp³-hybridized carbons (Fsp3) is 0.0500. The number of sulfone groups is 1. The first-order chi connectivity index (χ1) is 13.3. The monoisotopic (exact) mass is 391 g/mol. The van der Waals surface area contributed by atoms with Gasteiger partial charge in [-0.3, -0.25) is 9.97 Å². The van der Waals surface area contributed by atoms with Crippen molar-refractivity contribution in [2.75, 3.05) is 17.7 Å². The van der Waals surface area contributed by atoms with Gasteiger partial charge in [0.2, 0.25) is 0 Å². The summed E-state index contributed by atoms with van der Waals surface area (Å²) in [5.41, 5.74) is 16.7. The molecule has 0 saturated carbocycles. The zero-order valence-electron chi connectivity index (χ0n) is 15.0. The van der Waals surface area contributed by atoms with Crippen molar-refractivity contribution in [3.8, 4) is 22.4 Å². The predicted octanol–water partition coefficient (Wildman–Crippen LogP) is 2.93. The maximum atomic E-state index is 12.2. The van der Waals surface area contributed by atoms with E-state index in [9.17, 15) is 8.42 Å². The van der Waals surface area contributed by atoms with Gasteiger partial charge in [-0.2, -0.15) is 0 Å². The van der Waals surface area contributed by atoms with Gasteiger partial charge in [-0.25, -0.2) is 13.4 Å². The zero-order valence-corrected chi connectivity index (χ0v) is 15.8. The van der Waals surface area contributed by atoms with Crippen molar-refractivity contribution in [1.82, 2.24) is 15.0 Å². The van der Waals surface area contributed by atoms with E-state index in [4.69, 9.17) is 16.5 Å². The Labute approximate surface area is 162 Å². The second kappa shape index (κ2) is 6.58. The molecule has 28 heavy (non-hydrogen) atoms. The Bertz CT molecular complexity index is 1320. The Morgan fingerprint density at radius 3 is 2.50 bits per heavy atom. The summed E-state index contributed by atoms with van der Waals surface area (Å²) in [6.45, 7) is 0. The summed E-state index contributed by atoms with van der Waals surface area (Å²) < 4.78 is 24.3. The van der Waals surface area contributed by atoms with Gasteiger partial charge in [0.15, 0.2) is 9.84 Å². The molecule has 0 bridgehead atoms. The number of nitrogens with zero attached hydrogens (tertiary/aromatic N) is 3. The molecule has 0 aliphatic rings. The van der Waals surface area contributed by atoms with Gasteiger partial charge >= 0.3 is 0 Å². The van der Waals surface area contributed by atoms with Gasteiger partial charge in [-0.1, -0.05) is 12.1 Å². The molecule has 0 radical (unpaired) electrons. The number of hydrogen-bond acceptors (Lipinski definition) is 7. The summed E-state index contributed by atoms with van der Waals surface area (Å²) in [5.74, 6) is 0. The Balaban J connectivity index is 2.01. The van der Waals surface area contributed by atoms with Crippen LogP contribution in [0.15, 0.2) is 66.0 Å². The average molecular weight is 391 g/mol. The summed E-state index contributed by atoms with van der Waals surface area (Å²) in [4.78, 5) is 13.4. The molecular weight excluding hydrogens is 374 g/mol. The van der Waals surface area contributed by atoms with E-state index in [0.29, 0.717) is 33.7 Å². The molecule has 140 valence electrons. The number of hydrogen-bond donors (Lipinski definition) is 2. The lowest BCUT2D eigenvalue weighted by Gasteiger charge is -2.11. The number of rotatable bonds is 3. The summed E-state index contributed by atoms with van der Waals surface area (Å²) in [6.07, 6.45) is 5.59. The van der Waals surface area contributed by atoms with Gasteiger partial charge < -0.3 is 11.5 Å². The Kier molecular flexibility index (Phi) is 4.20. The maximum absolute atomic E-state index is 12.2. The normalized spacial score (nSPS) is 11.6. The highest BCUT2D eigenvalue weighted by Gasteiger charge is 2.17. The largest absolute Gasteiger partial charge is 0.399 e. The number of benzene rings is 2. The molecule has 2 aromatic carbocycles. The Morgan fingerprint density at radius 1 is 0.929 bits per heavy atom. The topological polar surface area (TPSA) is 125 Å². The third-order valence-corrected chi connectivity index (χ3v) is 5.48. The fourth-order valence-electron chi connectivity index (χ4n) is 3.09. The minimum atomic E-state index is -3.45. The van der Waals surface area contributed by atoms with E-state index in [1.165, 1.54) is 24.7 Å². The summed E-state index contributed by atoms with van der Waals surface area (Å²) in [7, 11) is -3.45. The third kappa shape index (κ3) is 3.25. The average Bonchev–Trinajstić information content (AvgIpc) is 2.66. The van der Waals surface area contributed by atoms with Crippen molar-refractivity contribution in [2.45, 2.75) is 4.90 Å². The van der Waals surface area contributed by atoms with Crippen molar-refractivity contribution in [3.63, 3.8) is 0 Å². The Hall–Kier alpha value is -3.52. The van der Waals surface area contributed by atoms with Crippen LogP contribution < -0.4 is 11.5 Å². The van der Waals surface area contributed by atoms with Gasteiger partial charge in [0.05, 0.1) is 27.8 Å².